The van der Waals surface area contributed by atoms with Gasteiger partial charge in [-0.2, -0.15) is 8.78 Å². The maximum atomic E-state index is 12.8. The lowest BCUT2D eigenvalue weighted by Gasteiger charge is -2.13. The molecule has 0 amide bonds. The van der Waals surface area contributed by atoms with Crippen molar-refractivity contribution < 1.29 is 23.0 Å². The molecule has 6 nitrogen and oxygen atoms in total. The van der Waals surface area contributed by atoms with E-state index in [0.717, 1.165) is 4.57 Å². The van der Waals surface area contributed by atoms with Crippen LogP contribution in [0.2, 0.25) is 0 Å². The van der Waals surface area contributed by atoms with Crippen LogP contribution < -0.4 is 10.1 Å². The summed E-state index contributed by atoms with van der Waals surface area (Å²) in [5.74, 6) is 0.128. The van der Waals surface area contributed by atoms with Crippen molar-refractivity contribution in [2.45, 2.75) is 13.1 Å². The van der Waals surface area contributed by atoms with Gasteiger partial charge in [-0.15, -0.1) is 0 Å². The van der Waals surface area contributed by atoms with Gasteiger partial charge in [0.25, 0.3) is 0 Å². The standard InChI is InChI=1S/C14H15F2N3O3/c1-21-9-3-4-10(13(20)22-2)11(7-9)18-8-12-17-5-6-19(12)14(15)16/h3-7,14,18H,8H2,1-2H3. The first-order valence-corrected chi connectivity index (χ1v) is 6.37. The number of anilines is 1. The van der Waals surface area contributed by atoms with Crippen LogP contribution in [0.25, 0.3) is 0 Å². The maximum Gasteiger partial charge on any atom is 0.339 e. The SMILES string of the molecule is COC(=O)c1ccc(OC)cc1NCc1nccn1C(F)F. The lowest BCUT2D eigenvalue weighted by atomic mass is 10.1. The van der Waals surface area contributed by atoms with Gasteiger partial charge in [-0.3, -0.25) is 4.57 Å². The molecule has 0 aliphatic rings. The molecule has 0 unspecified atom stereocenters. The summed E-state index contributed by atoms with van der Waals surface area (Å²) in [6.07, 6.45) is 2.48. The van der Waals surface area contributed by atoms with E-state index in [4.69, 9.17) is 4.74 Å². The molecule has 8 heteroatoms. The molecular formula is C14H15F2N3O3. The van der Waals surface area contributed by atoms with Gasteiger partial charge in [0.15, 0.2) is 0 Å². The average molecular weight is 311 g/mol. The van der Waals surface area contributed by atoms with E-state index in [1.807, 2.05) is 0 Å². The molecule has 0 spiro atoms. The van der Waals surface area contributed by atoms with Gasteiger partial charge in [-0.05, 0) is 12.1 Å². The number of carbonyl (C=O) groups is 1. The lowest BCUT2D eigenvalue weighted by Crippen LogP contribution is -2.12. The van der Waals surface area contributed by atoms with E-state index in [2.05, 4.69) is 15.0 Å². The Bertz CT molecular complexity index is 659. The number of rotatable bonds is 6. The van der Waals surface area contributed by atoms with E-state index in [1.165, 1.54) is 32.7 Å². The van der Waals surface area contributed by atoms with Crippen LogP contribution in [0.4, 0.5) is 14.5 Å². The van der Waals surface area contributed by atoms with Crippen LogP contribution in [0.5, 0.6) is 5.75 Å². The maximum absolute atomic E-state index is 12.8. The highest BCUT2D eigenvalue weighted by atomic mass is 19.3. The molecule has 2 aromatic rings. The van der Waals surface area contributed by atoms with E-state index < -0.39 is 12.5 Å². The normalized spacial score (nSPS) is 10.6. The highest BCUT2D eigenvalue weighted by molar-refractivity contribution is 5.95. The van der Waals surface area contributed by atoms with E-state index >= 15 is 0 Å². The summed E-state index contributed by atoms with van der Waals surface area (Å²) in [6.45, 7) is -2.65. The van der Waals surface area contributed by atoms with Gasteiger partial charge in [-0.1, -0.05) is 0 Å². The predicted octanol–water partition coefficient (Wildman–Crippen LogP) is 2.69. The number of carbonyl (C=O) groups excluding carboxylic acids is 1. The Morgan fingerprint density at radius 1 is 1.41 bits per heavy atom. The zero-order chi connectivity index (χ0) is 16.1. The van der Waals surface area contributed by atoms with Crippen molar-refractivity contribution in [3.63, 3.8) is 0 Å². The van der Waals surface area contributed by atoms with Crippen LogP contribution in [0.1, 0.15) is 22.7 Å². The second kappa shape index (κ2) is 6.88. The number of hydrogen-bond acceptors (Lipinski definition) is 5. The number of halogens is 2. The molecule has 1 N–H and O–H groups in total. The molecule has 0 fully saturated rings. The van der Waals surface area contributed by atoms with Crippen molar-refractivity contribution >= 4 is 11.7 Å². The summed E-state index contributed by atoms with van der Waals surface area (Å²) >= 11 is 0. The second-order valence-electron chi connectivity index (χ2n) is 4.29. The number of methoxy groups -OCH3 is 2. The van der Waals surface area contributed by atoms with E-state index in [-0.39, 0.29) is 17.9 Å². The monoisotopic (exact) mass is 311 g/mol. The van der Waals surface area contributed by atoms with Gasteiger partial charge in [-0.25, -0.2) is 9.78 Å². The zero-order valence-electron chi connectivity index (χ0n) is 12.0. The fourth-order valence-electron chi connectivity index (χ4n) is 1.92. The van der Waals surface area contributed by atoms with Gasteiger partial charge in [0.05, 0.1) is 32.0 Å². The minimum absolute atomic E-state index is 0.0223. The number of imidazole rings is 1. The van der Waals surface area contributed by atoms with Gasteiger partial charge >= 0.3 is 12.5 Å². The van der Waals surface area contributed by atoms with Crippen molar-refractivity contribution in [3.05, 3.63) is 42.0 Å². The van der Waals surface area contributed by atoms with Gasteiger partial charge < -0.3 is 14.8 Å². The number of nitrogens with zero attached hydrogens (tertiary/aromatic N) is 2. The number of benzene rings is 1. The molecule has 0 radical (unpaired) electrons. The first-order chi connectivity index (χ1) is 10.6. The molecule has 1 heterocycles. The fourth-order valence-corrected chi connectivity index (χ4v) is 1.92. The third-order valence-corrected chi connectivity index (χ3v) is 3.03. The first-order valence-electron chi connectivity index (χ1n) is 6.37. The molecule has 0 atom stereocenters. The van der Waals surface area contributed by atoms with Crippen molar-refractivity contribution in [1.82, 2.24) is 9.55 Å². The second-order valence-corrected chi connectivity index (χ2v) is 4.29. The minimum Gasteiger partial charge on any atom is -0.497 e. The van der Waals surface area contributed by atoms with E-state index in [1.54, 1.807) is 12.1 Å². The van der Waals surface area contributed by atoms with Crippen LogP contribution in [0.3, 0.4) is 0 Å². The summed E-state index contributed by atoms with van der Waals surface area (Å²) in [4.78, 5) is 15.6. The number of hydrogen-bond donors (Lipinski definition) is 1. The summed E-state index contributed by atoms with van der Waals surface area (Å²) in [6, 6.07) is 4.73. The summed E-state index contributed by atoms with van der Waals surface area (Å²) in [7, 11) is 2.75. The quantitative estimate of drug-likeness (QED) is 0.831. The number of nitrogens with one attached hydrogen (secondary N) is 1. The third kappa shape index (κ3) is 3.33. The number of esters is 1. The summed E-state index contributed by atoms with van der Waals surface area (Å²) in [5.41, 5.74) is 0.688. The Balaban J connectivity index is 2.24. The van der Waals surface area contributed by atoms with Gasteiger partial charge in [0, 0.05) is 18.5 Å². The largest absolute Gasteiger partial charge is 0.497 e. The summed E-state index contributed by atoms with van der Waals surface area (Å²) in [5, 5.41) is 2.90. The Morgan fingerprint density at radius 3 is 2.82 bits per heavy atom. The van der Waals surface area contributed by atoms with Crippen LogP contribution in [-0.4, -0.2) is 29.7 Å². The molecule has 1 aromatic carbocycles. The van der Waals surface area contributed by atoms with Crippen LogP contribution in [-0.2, 0) is 11.3 Å². The molecule has 0 aliphatic heterocycles. The van der Waals surface area contributed by atoms with Crippen molar-refractivity contribution in [2.75, 3.05) is 19.5 Å². The molecule has 0 aliphatic carbocycles. The number of aromatic nitrogens is 2. The Hall–Kier alpha value is -2.64. The Morgan fingerprint density at radius 2 is 2.18 bits per heavy atom. The zero-order valence-corrected chi connectivity index (χ0v) is 12.0. The van der Waals surface area contributed by atoms with Crippen molar-refractivity contribution in [3.8, 4) is 5.75 Å². The predicted molar refractivity (Wildman–Crippen MR) is 75.1 cm³/mol. The Kier molecular flexibility index (Phi) is 4.92. The fraction of sp³-hybridized carbons (Fsp3) is 0.286. The Labute approximate surface area is 125 Å². The van der Waals surface area contributed by atoms with Gasteiger partial charge in [0.2, 0.25) is 0 Å². The smallest absolute Gasteiger partial charge is 0.339 e. The van der Waals surface area contributed by atoms with E-state index in [9.17, 15) is 13.6 Å². The highest BCUT2D eigenvalue weighted by Gasteiger charge is 2.15. The molecule has 0 bridgehead atoms. The molecule has 1 aromatic heterocycles. The average Bonchev–Trinajstić information content (AvgIpc) is 3.00. The van der Waals surface area contributed by atoms with E-state index in [0.29, 0.717) is 11.4 Å². The highest BCUT2D eigenvalue weighted by Crippen LogP contribution is 2.24. The van der Waals surface area contributed by atoms with Crippen molar-refractivity contribution in [2.24, 2.45) is 0 Å². The topological polar surface area (TPSA) is 65.4 Å². The van der Waals surface area contributed by atoms with Crippen LogP contribution in [0.15, 0.2) is 30.6 Å². The third-order valence-electron chi connectivity index (χ3n) is 3.03. The molecule has 118 valence electrons. The van der Waals surface area contributed by atoms with Crippen molar-refractivity contribution in [1.29, 1.82) is 0 Å². The molecule has 22 heavy (non-hydrogen) atoms. The lowest BCUT2D eigenvalue weighted by molar-refractivity contribution is 0.0600. The molecular weight excluding hydrogens is 296 g/mol. The molecule has 0 saturated carbocycles. The minimum atomic E-state index is -2.68. The number of alkyl halides is 2. The number of ether oxygens (including phenoxy) is 2. The van der Waals surface area contributed by atoms with Gasteiger partial charge in [0.1, 0.15) is 11.6 Å². The molecule has 2 rings (SSSR count). The molecule has 0 saturated heterocycles. The van der Waals surface area contributed by atoms with Crippen LogP contribution >= 0.6 is 0 Å². The first kappa shape index (κ1) is 15.7. The van der Waals surface area contributed by atoms with Crippen LogP contribution in [0, 0.1) is 0 Å². The summed E-state index contributed by atoms with van der Waals surface area (Å²) < 4.78 is 36.1.